The molecule has 0 radical (unpaired) electrons. The monoisotopic (exact) mass is 248 g/mol. The Hall–Kier alpha value is -1.22. The number of rotatable bonds is 2. The van der Waals surface area contributed by atoms with Gasteiger partial charge in [0, 0.05) is 35.0 Å². The summed E-state index contributed by atoms with van der Waals surface area (Å²) in [6.07, 6.45) is 5.42. The third kappa shape index (κ3) is 1.82. The fourth-order valence-corrected chi connectivity index (χ4v) is 1.78. The third-order valence-corrected chi connectivity index (χ3v) is 2.52. The molecule has 0 N–H and O–H groups in total. The minimum Gasteiger partial charge on any atom is -0.264 e. The Kier molecular flexibility index (Phi) is 2.89. The van der Waals surface area contributed by atoms with Crippen LogP contribution in [0.5, 0.6) is 0 Å². The van der Waals surface area contributed by atoms with Crippen molar-refractivity contribution in [2.45, 2.75) is 5.33 Å². The first-order valence-corrected chi connectivity index (χ1v) is 5.44. The molecule has 0 spiro atoms. The average molecular weight is 249 g/mol. The lowest BCUT2D eigenvalue weighted by Crippen LogP contribution is -1.89. The minimum atomic E-state index is 0.762. The second-order valence-electron chi connectivity index (χ2n) is 2.87. The molecule has 0 aliphatic carbocycles. The fraction of sp³-hybridized carbons (Fsp3) is 0.0909. The molecule has 0 fully saturated rings. The summed E-state index contributed by atoms with van der Waals surface area (Å²) in [7, 11) is 0. The zero-order chi connectivity index (χ0) is 9.80. The number of pyridine rings is 2. The summed E-state index contributed by atoms with van der Waals surface area (Å²) in [6, 6.07) is 7.96. The van der Waals surface area contributed by atoms with Crippen LogP contribution in [0.3, 0.4) is 0 Å². The smallest absolute Gasteiger partial charge is 0.0587 e. The highest BCUT2D eigenvalue weighted by Gasteiger charge is 2.03. The Morgan fingerprint density at radius 3 is 2.71 bits per heavy atom. The van der Waals surface area contributed by atoms with Crippen molar-refractivity contribution in [2.24, 2.45) is 0 Å². The Labute approximate surface area is 91.2 Å². The normalized spacial score (nSPS) is 10.1. The number of aromatic nitrogens is 2. The molecule has 0 amide bonds. The van der Waals surface area contributed by atoms with Gasteiger partial charge in [-0.15, -0.1) is 0 Å². The van der Waals surface area contributed by atoms with E-state index in [1.54, 1.807) is 12.4 Å². The van der Waals surface area contributed by atoms with Crippen LogP contribution in [0.25, 0.3) is 11.1 Å². The van der Waals surface area contributed by atoms with Gasteiger partial charge < -0.3 is 0 Å². The lowest BCUT2D eigenvalue weighted by molar-refractivity contribution is 1.18. The van der Waals surface area contributed by atoms with E-state index in [0.29, 0.717) is 0 Å². The van der Waals surface area contributed by atoms with E-state index in [2.05, 4.69) is 32.0 Å². The van der Waals surface area contributed by atoms with E-state index in [1.807, 2.05) is 24.4 Å². The molecule has 70 valence electrons. The molecule has 0 unspecified atom stereocenters. The topological polar surface area (TPSA) is 25.8 Å². The van der Waals surface area contributed by atoms with E-state index < -0.39 is 0 Å². The van der Waals surface area contributed by atoms with E-state index in [-0.39, 0.29) is 0 Å². The van der Waals surface area contributed by atoms with Crippen molar-refractivity contribution >= 4 is 15.9 Å². The maximum absolute atomic E-state index is 4.30. The van der Waals surface area contributed by atoms with Crippen LogP contribution in [-0.4, -0.2) is 9.97 Å². The van der Waals surface area contributed by atoms with Gasteiger partial charge in [0.05, 0.1) is 5.69 Å². The zero-order valence-corrected chi connectivity index (χ0v) is 9.11. The van der Waals surface area contributed by atoms with Crippen LogP contribution in [0.15, 0.2) is 42.9 Å². The number of halogens is 1. The summed E-state index contributed by atoms with van der Waals surface area (Å²) in [5.41, 5.74) is 3.29. The highest BCUT2D eigenvalue weighted by Crippen LogP contribution is 2.22. The van der Waals surface area contributed by atoms with Gasteiger partial charge in [-0.2, -0.15) is 0 Å². The molecule has 14 heavy (non-hydrogen) atoms. The van der Waals surface area contributed by atoms with Gasteiger partial charge in [-0.25, -0.2) is 0 Å². The van der Waals surface area contributed by atoms with Crippen molar-refractivity contribution in [3.63, 3.8) is 0 Å². The van der Waals surface area contributed by atoms with Gasteiger partial charge in [0.15, 0.2) is 0 Å². The second kappa shape index (κ2) is 4.33. The molecular formula is C11H9BrN2. The minimum absolute atomic E-state index is 0.762. The molecule has 0 aliphatic rings. The second-order valence-corrected chi connectivity index (χ2v) is 3.43. The van der Waals surface area contributed by atoms with Crippen molar-refractivity contribution < 1.29 is 0 Å². The highest BCUT2D eigenvalue weighted by atomic mass is 79.9. The van der Waals surface area contributed by atoms with Crippen LogP contribution in [0, 0.1) is 0 Å². The van der Waals surface area contributed by atoms with E-state index in [4.69, 9.17) is 0 Å². The lowest BCUT2D eigenvalue weighted by atomic mass is 10.1. The van der Waals surface area contributed by atoms with Crippen LogP contribution in [0.1, 0.15) is 5.69 Å². The van der Waals surface area contributed by atoms with E-state index >= 15 is 0 Å². The van der Waals surface area contributed by atoms with Crippen LogP contribution >= 0.6 is 15.9 Å². The van der Waals surface area contributed by atoms with Gasteiger partial charge in [0.1, 0.15) is 0 Å². The molecule has 0 aliphatic heterocycles. The molecule has 3 heteroatoms. The van der Waals surface area contributed by atoms with Crippen LogP contribution < -0.4 is 0 Å². The summed E-state index contributed by atoms with van der Waals surface area (Å²) < 4.78 is 0. The molecular weight excluding hydrogens is 240 g/mol. The molecule has 2 aromatic heterocycles. The van der Waals surface area contributed by atoms with Crippen molar-refractivity contribution in [3.05, 3.63) is 48.5 Å². The average Bonchev–Trinajstić information content (AvgIpc) is 2.30. The van der Waals surface area contributed by atoms with Gasteiger partial charge in [-0.05, 0) is 12.1 Å². The van der Waals surface area contributed by atoms with E-state index in [1.165, 1.54) is 0 Å². The summed E-state index contributed by atoms with van der Waals surface area (Å²) >= 11 is 3.42. The fourth-order valence-electron chi connectivity index (χ4n) is 1.33. The third-order valence-electron chi connectivity index (χ3n) is 1.99. The first-order valence-electron chi connectivity index (χ1n) is 4.32. The summed E-state index contributed by atoms with van der Waals surface area (Å²) in [5.74, 6) is 0. The summed E-state index contributed by atoms with van der Waals surface area (Å²) in [6.45, 7) is 0. The molecule has 2 nitrogen and oxygen atoms in total. The molecule has 0 aromatic carbocycles. The Morgan fingerprint density at radius 1 is 1.14 bits per heavy atom. The van der Waals surface area contributed by atoms with Gasteiger partial charge in [0.25, 0.3) is 0 Å². The molecule has 0 bridgehead atoms. The van der Waals surface area contributed by atoms with Crippen LogP contribution in [0.2, 0.25) is 0 Å². The zero-order valence-electron chi connectivity index (χ0n) is 7.52. The van der Waals surface area contributed by atoms with E-state index in [9.17, 15) is 0 Å². The largest absolute Gasteiger partial charge is 0.264 e. The van der Waals surface area contributed by atoms with E-state index in [0.717, 1.165) is 22.2 Å². The lowest BCUT2D eigenvalue weighted by Gasteiger charge is -2.04. The van der Waals surface area contributed by atoms with Crippen molar-refractivity contribution in [1.82, 2.24) is 9.97 Å². The maximum Gasteiger partial charge on any atom is 0.0587 e. The first-order chi connectivity index (χ1) is 6.92. The SMILES string of the molecule is BrCc1ncccc1-c1cccnc1. The number of alkyl halides is 1. The van der Waals surface area contributed by atoms with Gasteiger partial charge in [-0.1, -0.05) is 28.1 Å². The predicted molar refractivity (Wildman–Crippen MR) is 60.1 cm³/mol. The number of nitrogens with zero attached hydrogens (tertiary/aromatic N) is 2. The maximum atomic E-state index is 4.30. The van der Waals surface area contributed by atoms with Gasteiger partial charge in [-0.3, -0.25) is 9.97 Å². The predicted octanol–water partition coefficient (Wildman–Crippen LogP) is 3.04. The standard InChI is InChI=1S/C11H9BrN2/c12-7-11-10(4-2-6-14-11)9-3-1-5-13-8-9/h1-6,8H,7H2. The molecule has 2 aromatic rings. The number of hydrogen-bond donors (Lipinski definition) is 0. The van der Waals surface area contributed by atoms with Crippen LogP contribution in [0.4, 0.5) is 0 Å². The quantitative estimate of drug-likeness (QED) is 0.764. The van der Waals surface area contributed by atoms with Crippen molar-refractivity contribution in [3.8, 4) is 11.1 Å². The van der Waals surface area contributed by atoms with Crippen LogP contribution in [-0.2, 0) is 5.33 Å². The molecule has 2 heterocycles. The van der Waals surface area contributed by atoms with Crippen molar-refractivity contribution in [1.29, 1.82) is 0 Å². The Bertz CT molecular complexity index is 415. The van der Waals surface area contributed by atoms with Gasteiger partial charge >= 0.3 is 0 Å². The Morgan fingerprint density at radius 2 is 2.00 bits per heavy atom. The molecule has 0 saturated heterocycles. The Balaban J connectivity index is 2.51. The number of hydrogen-bond acceptors (Lipinski definition) is 2. The van der Waals surface area contributed by atoms with Gasteiger partial charge in [0.2, 0.25) is 0 Å². The van der Waals surface area contributed by atoms with Crippen molar-refractivity contribution in [2.75, 3.05) is 0 Å². The first kappa shape index (κ1) is 9.34. The molecule has 0 atom stereocenters. The molecule has 2 rings (SSSR count). The highest BCUT2D eigenvalue weighted by molar-refractivity contribution is 9.08. The summed E-state index contributed by atoms with van der Waals surface area (Å²) in [5, 5.41) is 0.762. The molecule has 0 saturated carbocycles. The summed E-state index contributed by atoms with van der Waals surface area (Å²) in [4.78, 5) is 8.39.